The van der Waals surface area contributed by atoms with E-state index in [0.29, 0.717) is 10.4 Å². The third kappa shape index (κ3) is 3.17. The molecule has 100 valence electrons. The van der Waals surface area contributed by atoms with E-state index in [2.05, 4.69) is 18.8 Å². The first kappa shape index (κ1) is 13.7. The van der Waals surface area contributed by atoms with Crippen molar-refractivity contribution < 1.29 is 5.11 Å². The molecule has 0 amide bonds. The van der Waals surface area contributed by atoms with E-state index in [9.17, 15) is 9.90 Å². The summed E-state index contributed by atoms with van der Waals surface area (Å²) in [6.45, 7) is 4.14. The summed E-state index contributed by atoms with van der Waals surface area (Å²) in [5, 5.41) is 10.4. The lowest BCUT2D eigenvalue weighted by Gasteiger charge is -2.14. The molecule has 1 aromatic heterocycles. The molecule has 1 heterocycles. The molecule has 0 aliphatic rings. The zero-order valence-corrected chi connectivity index (χ0v) is 11.7. The van der Waals surface area contributed by atoms with E-state index in [4.69, 9.17) is 0 Å². The Balaban J connectivity index is 2.55. The molecule has 1 atom stereocenters. The number of thioether (sulfide) groups is 1. The highest BCUT2D eigenvalue weighted by molar-refractivity contribution is 7.99. The zero-order chi connectivity index (χ0) is 13.8. The summed E-state index contributed by atoms with van der Waals surface area (Å²) < 4.78 is 1.52. The van der Waals surface area contributed by atoms with Crippen LogP contribution in [0.4, 0.5) is 0 Å². The van der Waals surface area contributed by atoms with E-state index >= 15 is 0 Å². The first-order chi connectivity index (χ1) is 9.11. The maximum absolute atomic E-state index is 12.1. The van der Waals surface area contributed by atoms with E-state index in [1.807, 2.05) is 30.3 Å². The average molecular weight is 276 g/mol. The summed E-state index contributed by atoms with van der Waals surface area (Å²) >= 11 is 1.49. The molecule has 0 saturated heterocycles. The van der Waals surface area contributed by atoms with Crippen LogP contribution in [0.15, 0.2) is 46.3 Å². The van der Waals surface area contributed by atoms with Crippen molar-refractivity contribution in [2.45, 2.75) is 30.7 Å². The second kappa shape index (κ2) is 5.93. The molecule has 0 spiro atoms. The minimum absolute atomic E-state index is 0.233. The van der Waals surface area contributed by atoms with E-state index in [-0.39, 0.29) is 11.4 Å². The molecule has 0 bridgehead atoms. The molecule has 2 rings (SSSR count). The van der Waals surface area contributed by atoms with Crippen LogP contribution in [-0.2, 0) is 0 Å². The standard InChI is InChI=1S/C14H16N2O2S/c1-3-10(2)19-14-15-12(17)9-13(18)16(14)11-7-5-4-6-8-11/h4-10,17H,3H2,1-2H3. The lowest BCUT2D eigenvalue weighted by Crippen LogP contribution is -2.20. The lowest BCUT2D eigenvalue weighted by molar-refractivity contribution is 0.440. The minimum atomic E-state index is -0.274. The fourth-order valence-electron chi connectivity index (χ4n) is 1.61. The predicted octanol–water partition coefficient (Wildman–Crippen LogP) is 2.83. The highest BCUT2D eigenvalue weighted by atomic mass is 32.2. The average Bonchev–Trinajstić information content (AvgIpc) is 2.39. The molecule has 2 aromatic rings. The summed E-state index contributed by atoms with van der Waals surface area (Å²) in [4.78, 5) is 16.2. The van der Waals surface area contributed by atoms with Crippen LogP contribution in [0.2, 0.25) is 0 Å². The van der Waals surface area contributed by atoms with E-state index < -0.39 is 0 Å². The summed E-state index contributed by atoms with van der Waals surface area (Å²) in [5.41, 5.74) is 0.482. The van der Waals surface area contributed by atoms with E-state index in [1.165, 1.54) is 16.3 Å². The second-order valence-electron chi connectivity index (χ2n) is 4.24. The number of aromatic nitrogens is 2. The van der Waals surface area contributed by atoms with Gasteiger partial charge in [-0.15, -0.1) is 0 Å². The van der Waals surface area contributed by atoms with Gasteiger partial charge >= 0.3 is 0 Å². The van der Waals surface area contributed by atoms with Crippen molar-refractivity contribution in [3.63, 3.8) is 0 Å². The highest BCUT2D eigenvalue weighted by Gasteiger charge is 2.13. The van der Waals surface area contributed by atoms with Crippen molar-refractivity contribution in [2.24, 2.45) is 0 Å². The summed E-state index contributed by atoms with van der Waals surface area (Å²) in [7, 11) is 0. The van der Waals surface area contributed by atoms with Gasteiger partial charge in [-0.05, 0) is 18.6 Å². The van der Waals surface area contributed by atoms with Crippen molar-refractivity contribution in [2.75, 3.05) is 0 Å². The second-order valence-corrected chi connectivity index (χ2v) is 5.65. The normalized spacial score (nSPS) is 12.3. The van der Waals surface area contributed by atoms with Crippen LogP contribution in [0.5, 0.6) is 5.88 Å². The maximum Gasteiger partial charge on any atom is 0.262 e. The third-order valence-electron chi connectivity index (χ3n) is 2.77. The Bertz CT molecular complexity index is 611. The van der Waals surface area contributed by atoms with Gasteiger partial charge in [-0.25, -0.2) is 0 Å². The molecular weight excluding hydrogens is 260 g/mol. The summed E-state index contributed by atoms with van der Waals surface area (Å²) in [6, 6.07) is 10.5. The van der Waals surface area contributed by atoms with Crippen LogP contribution in [0.3, 0.4) is 0 Å². The lowest BCUT2D eigenvalue weighted by atomic mass is 10.3. The van der Waals surface area contributed by atoms with Crippen LogP contribution < -0.4 is 5.56 Å². The van der Waals surface area contributed by atoms with Crippen molar-refractivity contribution in [3.8, 4) is 11.6 Å². The van der Waals surface area contributed by atoms with Gasteiger partial charge in [0.25, 0.3) is 5.56 Å². The number of para-hydroxylation sites is 1. The molecule has 0 aliphatic carbocycles. The number of hydrogen-bond donors (Lipinski definition) is 1. The Morgan fingerprint density at radius 3 is 2.68 bits per heavy atom. The fourth-order valence-corrected chi connectivity index (χ4v) is 2.58. The van der Waals surface area contributed by atoms with Gasteiger partial charge in [0.2, 0.25) is 5.88 Å². The number of benzene rings is 1. The van der Waals surface area contributed by atoms with Crippen molar-refractivity contribution in [1.29, 1.82) is 0 Å². The molecule has 0 aliphatic heterocycles. The summed E-state index contributed by atoms with van der Waals surface area (Å²) in [5.74, 6) is -0.233. The Hall–Kier alpha value is -1.75. The molecule has 5 heteroatoms. The van der Waals surface area contributed by atoms with Gasteiger partial charge in [0.15, 0.2) is 5.16 Å². The Morgan fingerprint density at radius 1 is 1.37 bits per heavy atom. The van der Waals surface area contributed by atoms with E-state index in [0.717, 1.165) is 18.2 Å². The Kier molecular flexibility index (Phi) is 4.27. The molecule has 19 heavy (non-hydrogen) atoms. The first-order valence-electron chi connectivity index (χ1n) is 6.17. The Morgan fingerprint density at radius 2 is 2.05 bits per heavy atom. The number of nitrogens with zero attached hydrogens (tertiary/aromatic N) is 2. The third-order valence-corrected chi connectivity index (χ3v) is 3.99. The molecule has 0 fully saturated rings. The van der Waals surface area contributed by atoms with Crippen LogP contribution in [0, 0.1) is 0 Å². The largest absolute Gasteiger partial charge is 0.493 e. The minimum Gasteiger partial charge on any atom is -0.493 e. The maximum atomic E-state index is 12.1. The molecule has 1 N–H and O–H groups in total. The number of aromatic hydroxyl groups is 1. The fraction of sp³-hybridized carbons (Fsp3) is 0.286. The first-order valence-corrected chi connectivity index (χ1v) is 7.05. The summed E-state index contributed by atoms with van der Waals surface area (Å²) in [6.07, 6.45) is 0.963. The van der Waals surface area contributed by atoms with Crippen LogP contribution in [0.25, 0.3) is 5.69 Å². The zero-order valence-electron chi connectivity index (χ0n) is 10.9. The van der Waals surface area contributed by atoms with Gasteiger partial charge < -0.3 is 5.11 Å². The monoisotopic (exact) mass is 276 g/mol. The van der Waals surface area contributed by atoms with Crippen molar-refractivity contribution >= 4 is 11.8 Å². The molecule has 1 aromatic carbocycles. The molecule has 1 unspecified atom stereocenters. The molecule has 0 radical (unpaired) electrons. The molecule has 0 saturated carbocycles. The van der Waals surface area contributed by atoms with Crippen LogP contribution in [0.1, 0.15) is 20.3 Å². The SMILES string of the molecule is CCC(C)Sc1nc(O)cc(=O)n1-c1ccccc1. The predicted molar refractivity (Wildman–Crippen MR) is 77.1 cm³/mol. The molecule has 4 nitrogen and oxygen atoms in total. The van der Waals surface area contributed by atoms with E-state index in [1.54, 1.807) is 0 Å². The van der Waals surface area contributed by atoms with Crippen molar-refractivity contribution in [1.82, 2.24) is 9.55 Å². The van der Waals surface area contributed by atoms with Crippen LogP contribution >= 0.6 is 11.8 Å². The topological polar surface area (TPSA) is 55.1 Å². The van der Waals surface area contributed by atoms with Gasteiger partial charge in [-0.2, -0.15) is 4.98 Å². The molecular formula is C14H16N2O2S. The van der Waals surface area contributed by atoms with Gasteiger partial charge in [0, 0.05) is 5.25 Å². The van der Waals surface area contributed by atoms with Gasteiger partial charge in [0.1, 0.15) is 0 Å². The quantitative estimate of drug-likeness (QED) is 0.689. The Labute approximate surface area is 116 Å². The highest BCUT2D eigenvalue weighted by Crippen LogP contribution is 2.25. The smallest absolute Gasteiger partial charge is 0.262 e. The number of rotatable bonds is 4. The van der Waals surface area contributed by atoms with Gasteiger partial charge in [-0.1, -0.05) is 43.8 Å². The van der Waals surface area contributed by atoms with Gasteiger partial charge in [-0.3, -0.25) is 9.36 Å². The van der Waals surface area contributed by atoms with Crippen LogP contribution in [-0.4, -0.2) is 19.9 Å². The number of hydrogen-bond acceptors (Lipinski definition) is 4. The van der Waals surface area contributed by atoms with Crippen molar-refractivity contribution in [3.05, 3.63) is 46.8 Å². The van der Waals surface area contributed by atoms with Gasteiger partial charge in [0.05, 0.1) is 11.8 Å².